The molecule has 22 heavy (non-hydrogen) atoms. The van der Waals surface area contributed by atoms with Gasteiger partial charge in [-0.3, -0.25) is 4.79 Å². The molecular formula is C17H19NO4. The number of rotatable bonds is 5. The summed E-state index contributed by atoms with van der Waals surface area (Å²) in [5.74, 6) is -0.0833. The van der Waals surface area contributed by atoms with Crippen molar-refractivity contribution < 1.29 is 19.7 Å². The number of aromatic hydroxyl groups is 2. The number of phenolic OH excluding ortho intramolecular Hbond substituents is 2. The molecule has 1 atom stereocenters. The van der Waals surface area contributed by atoms with Gasteiger partial charge >= 0.3 is 0 Å². The summed E-state index contributed by atoms with van der Waals surface area (Å²) in [6.07, 6.45) is 0.462. The molecule has 0 aliphatic heterocycles. The molecule has 5 heteroatoms. The second kappa shape index (κ2) is 6.85. The number of ether oxygens (including phenoxy) is 1. The highest BCUT2D eigenvalue weighted by atomic mass is 16.5. The zero-order valence-corrected chi connectivity index (χ0v) is 12.5. The summed E-state index contributed by atoms with van der Waals surface area (Å²) in [5, 5.41) is 21.6. The van der Waals surface area contributed by atoms with E-state index in [1.807, 2.05) is 0 Å². The van der Waals surface area contributed by atoms with Crippen molar-refractivity contribution >= 4 is 11.6 Å². The maximum atomic E-state index is 12.2. The Kier molecular flexibility index (Phi) is 4.88. The second-order valence-electron chi connectivity index (χ2n) is 5.15. The van der Waals surface area contributed by atoms with E-state index in [0.29, 0.717) is 17.9 Å². The largest absolute Gasteiger partial charge is 0.504 e. The lowest BCUT2D eigenvalue weighted by Gasteiger charge is -2.13. The topological polar surface area (TPSA) is 78.8 Å². The Morgan fingerprint density at radius 2 is 1.95 bits per heavy atom. The number of methoxy groups -OCH3 is 1. The van der Waals surface area contributed by atoms with E-state index in [9.17, 15) is 15.0 Å². The summed E-state index contributed by atoms with van der Waals surface area (Å²) in [7, 11) is 1.57. The minimum atomic E-state index is -0.282. The molecule has 0 bridgehead atoms. The summed E-state index contributed by atoms with van der Waals surface area (Å²) in [4.78, 5) is 12.2. The van der Waals surface area contributed by atoms with Crippen molar-refractivity contribution in [1.82, 2.24) is 0 Å². The Bertz CT molecular complexity index is 669. The third-order valence-electron chi connectivity index (χ3n) is 3.37. The van der Waals surface area contributed by atoms with E-state index in [4.69, 9.17) is 4.74 Å². The molecule has 0 aliphatic carbocycles. The van der Waals surface area contributed by atoms with Gasteiger partial charge in [0.05, 0.1) is 7.11 Å². The van der Waals surface area contributed by atoms with Crippen molar-refractivity contribution in [3.8, 4) is 17.2 Å². The fraction of sp³-hybridized carbons (Fsp3) is 0.235. The quantitative estimate of drug-likeness (QED) is 0.742. The van der Waals surface area contributed by atoms with Gasteiger partial charge in [0.15, 0.2) is 11.5 Å². The van der Waals surface area contributed by atoms with Crippen molar-refractivity contribution in [2.24, 2.45) is 5.92 Å². The van der Waals surface area contributed by atoms with Crippen LogP contribution in [0.15, 0.2) is 42.5 Å². The van der Waals surface area contributed by atoms with Crippen LogP contribution in [0, 0.1) is 5.92 Å². The third-order valence-corrected chi connectivity index (χ3v) is 3.37. The van der Waals surface area contributed by atoms with E-state index >= 15 is 0 Å². The van der Waals surface area contributed by atoms with Gasteiger partial charge in [0.2, 0.25) is 5.91 Å². The summed E-state index contributed by atoms with van der Waals surface area (Å²) in [6, 6.07) is 11.7. The average molecular weight is 301 g/mol. The zero-order valence-electron chi connectivity index (χ0n) is 12.5. The molecule has 0 heterocycles. The molecule has 2 aromatic rings. The molecule has 116 valence electrons. The van der Waals surface area contributed by atoms with Gasteiger partial charge in [-0.15, -0.1) is 0 Å². The molecule has 0 saturated carbocycles. The summed E-state index contributed by atoms with van der Waals surface area (Å²) < 4.78 is 5.11. The molecule has 3 N–H and O–H groups in total. The fourth-order valence-corrected chi connectivity index (χ4v) is 2.11. The van der Waals surface area contributed by atoms with Crippen molar-refractivity contribution in [1.29, 1.82) is 0 Å². The number of nitrogens with one attached hydrogen (secondary N) is 1. The Morgan fingerprint density at radius 1 is 1.18 bits per heavy atom. The third kappa shape index (κ3) is 3.91. The molecule has 0 radical (unpaired) electrons. The monoisotopic (exact) mass is 301 g/mol. The van der Waals surface area contributed by atoms with E-state index in [2.05, 4.69) is 5.32 Å². The molecule has 1 unspecified atom stereocenters. The van der Waals surface area contributed by atoms with Crippen molar-refractivity contribution in [3.63, 3.8) is 0 Å². The number of anilines is 1. The standard InChI is InChI=1S/C17H19NO4/c1-11(8-12-6-7-15(19)16(20)9-12)17(21)18-13-4-3-5-14(10-13)22-2/h3-7,9-11,19-20H,8H2,1-2H3,(H,18,21). The highest BCUT2D eigenvalue weighted by molar-refractivity contribution is 5.92. The number of benzene rings is 2. The molecule has 5 nitrogen and oxygen atoms in total. The van der Waals surface area contributed by atoms with Crippen LogP contribution < -0.4 is 10.1 Å². The first-order chi connectivity index (χ1) is 10.5. The van der Waals surface area contributed by atoms with Crippen molar-refractivity contribution in [3.05, 3.63) is 48.0 Å². The number of phenols is 2. The molecule has 0 saturated heterocycles. The average Bonchev–Trinajstić information content (AvgIpc) is 2.51. The molecule has 0 aromatic heterocycles. The highest BCUT2D eigenvalue weighted by Gasteiger charge is 2.15. The van der Waals surface area contributed by atoms with Crippen LogP contribution in [-0.2, 0) is 11.2 Å². The number of hydrogen-bond donors (Lipinski definition) is 3. The van der Waals surface area contributed by atoms with Gasteiger partial charge in [0.1, 0.15) is 5.75 Å². The van der Waals surface area contributed by atoms with E-state index in [0.717, 1.165) is 5.56 Å². The van der Waals surface area contributed by atoms with Crippen LogP contribution in [0.25, 0.3) is 0 Å². The van der Waals surface area contributed by atoms with Crippen LogP contribution >= 0.6 is 0 Å². The number of carbonyl (C=O) groups is 1. The predicted molar refractivity (Wildman–Crippen MR) is 84.3 cm³/mol. The van der Waals surface area contributed by atoms with Crippen LogP contribution in [-0.4, -0.2) is 23.2 Å². The van der Waals surface area contributed by atoms with Crippen LogP contribution in [0.1, 0.15) is 12.5 Å². The van der Waals surface area contributed by atoms with Crippen LogP contribution in [0.2, 0.25) is 0 Å². The van der Waals surface area contributed by atoms with Crippen molar-refractivity contribution in [2.75, 3.05) is 12.4 Å². The van der Waals surface area contributed by atoms with Crippen LogP contribution in [0.3, 0.4) is 0 Å². The van der Waals surface area contributed by atoms with Crippen LogP contribution in [0.5, 0.6) is 17.2 Å². The van der Waals surface area contributed by atoms with E-state index in [-0.39, 0.29) is 23.3 Å². The number of carbonyl (C=O) groups excluding carboxylic acids is 1. The minimum absolute atomic E-state index is 0.124. The number of amides is 1. The summed E-state index contributed by atoms with van der Waals surface area (Å²) >= 11 is 0. The van der Waals surface area contributed by atoms with E-state index in [1.165, 1.54) is 12.1 Å². The molecular weight excluding hydrogens is 282 g/mol. The van der Waals surface area contributed by atoms with Gasteiger partial charge in [-0.05, 0) is 36.2 Å². The lowest BCUT2D eigenvalue weighted by molar-refractivity contribution is -0.119. The van der Waals surface area contributed by atoms with E-state index in [1.54, 1.807) is 44.4 Å². The SMILES string of the molecule is COc1cccc(NC(=O)C(C)Cc2ccc(O)c(O)c2)c1. The maximum Gasteiger partial charge on any atom is 0.227 e. The lowest BCUT2D eigenvalue weighted by atomic mass is 10.00. The minimum Gasteiger partial charge on any atom is -0.504 e. The molecule has 1 amide bonds. The fourth-order valence-electron chi connectivity index (χ4n) is 2.11. The Morgan fingerprint density at radius 3 is 2.64 bits per heavy atom. The first kappa shape index (κ1) is 15.7. The van der Waals surface area contributed by atoms with Gasteiger partial charge in [-0.2, -0.15) is 0 Å². The lowest BCUT2D eigenvalue weighted by Crippen LogP contribution is -2.22. The van der Waals surface area contributed by atoms with Gasteiger partial charge in [-0.25, -0.2) is 0 Å². The van der Waals surface area contributed by atoms with Crippen molar-refractivity contribution in [2.45, 2.75) is 13.3 Å². The molecule has 2 aromatic carbocycles. The first-order valence-electron chi connectivity index (χ1n) is 6.95. The summed E-state index contributed by atoms with van der Waals surface area (Å²) in [5.41, 5.74) is 1.45. The Labute approximate surface area is 129 Å². The zero-order chi connectivity index (χ0) is 16.1. The predicted octanol–water partition coefficient (Wildman–Crippen LogP) is 2.92. The normalized spacial score (nSPS) is 11.7. The van der Waals surface area contributed by atoms with Gasteiger partial charge in [0, 0.05) is 17.7 Å². The molecule has 0 spiro atoms. The molecule has 0 fully saturated rings. The second-order valence-corrected chi connectivity index (χ2v) is 5.15. The maximum absolute atomic E-state index is 12.2. The van der Waals surface area contributed by atoms with Gasteiger partial charge in [0.25, 0.3) is 0 Å². The van der Waals surface area contributed by atoms with Crippen LogP contribution in [0.4, 0.5) is 5.69 Å². The molecule has 0 aliphatic rings. The highest BCUT2D eigenvalue weighted by Crippen LogP contribution is 2.26. The van der Waals surface area contributed by atoms with E-state index < -0.39 is 0 Å². The first-order valence-corrected chi connectivity index (χ1v) is 6.95. The Hall–Kier alpha value is -2.69. The molecule has 2 rings (SSSR count). The number of hydrogen-bond acceptors (Lipinski definition) is 4. The van der Waals surface area contributed by atoms with Gasteiger partial charge < -0.3 is 20.3 Å². The smallest absolute Gasteiger partial charge is 0.227 e. The van der Waals surface area contributed by atoms with Gasteiger partial charge in [-0.1, -0.05) is 19.1 Å². The summed E-state index contributed by atoms with van der Waals surface area (Å²) in [6.45, 7) is 1.80. The Balaban J connectivity index is 2.00.